The number of anilines is 1. The van der Waals surface area contributed by atoms with Gasteiger partial charge in [-0.15, -0.1) is 0 Å². The monoisotopic (exact) mass is 437 g/mol. The highest BCUT2D eigenvalue weighted by Gasteiger charge is 2.26. The number of sulfonamides is 1. The number of carbonyl (C=O) groups excluding carboxylic acids is 1. The minimum Gasteiger partial charge on any atom is -0.439 e. The van der Waals surface area contributed by atoms with E-state index in [4.69, 9.17) is 4.74 Å². The molecule has 1 N–H and O–H groups in total. The maximum atomic E-state index is 12.9. The number of hydrogen-bond donors (Lipinski definition) is 1. The zero-order chi connectivity index (χ0) is 21.7. The Morgan fingerprint density at radius 2 is 1.71 bits per heavy atom. The number of benzene rings is 2. The predicted octanol–water partition coefficient (Wildman–Crippen LogP) is 4.30. The number of aromatic nitrogens is 1. The molecule has 8 heteroatoms. The highest BCUT2D eigenvalue weighted by atomic mass is 32.2. The van der Waals surface area contributed by atoms with Crippen molar-refractivity contribution >= 4 is 21.6 Å². The quantitative estimate of drug-likeness (QED) is 0.621. The van der Waals surface area contributed by atoms with Crippen LogP contribution in [0.3, 0.4) is 0 Å². The zero-order valence-corrected chi connectivity index (χ0v) is 17.7. The lowest BCUT2D eigenvalue weighted by Gasteiger charge is -2.26. The number of carbonyl (C=O) groups is 1. The van der Waals surface area contributed by atoms with Crippen molar-refractivity contribution in [3.63, 3.8) is 0 Å². The molecule has 3 aromatic rings. The molecule has 1 amide bonds. The summed E-state index contributed by atoms with van der Waals surface area (Å²) in [7, 11) is -3.60. The first kappa shape index (κ1) is 21.0. The van der Waals surface area contributed by atoms with Gasteiger partial charge in [-0.2, -0.15) is 4.31 Å². The normalized spacial score (nSPS) is 14.7. The van der Waals surface area contributed by atoms with E-state index in [0.29, 0.717) is 30.4 Å². The van der Waals surface area contributed by atoms with Gasteiger partial charge in [-0.3, -0.25) is 4.79 Å². The molecule has 1 saturated heterocycles. The number of amides is 1. The van der Waals surface area contributed by atoms with Crippen molar-refractivity contribution in [3.05, 3.63) is 78.5 Å². The van der Waals surface area contributed by atoms with E-state index in [2.05, 4.69) is 10.3 Å². The lowest BCUT2D eigenvalue weighted by atomic mass is 10.2. The average Bonchev–Trinajstić information content (AvgIpc) is 2.82. The summed E-state index contributed by atoms with van der Waals surface area (Å²) in [6.07, 6.45) is 4.24. The summed E-state index contributed by atoms with van der Waals surface area (Å²) in [5.74, 6) is 0.659. The first-order valence-electron chi connectivity index (χ1n) is 10.1. The molecule has 2 aromatic carbocycles. The van der Waals surface area contributed by atoms with Crippen LogP contribution in [-0.2, 0) is 10.0 Å². The molecule has 1 aromatic heterocycles. The third-order valence-electron chi connectivity index (χ3n) is 5.01. The van der Waals surface area contributed by atoms with E-state index in [1.165, 1.54) is 22.6 Å². The minimum atomic E-state index is -3.60. The highest BCUT2D eigenvalue weighted by Crippen LogP contribution is 2.23. The smallest absolute Gasteiger partial charge is 0.255 e. The zero-order valence-electron chi connectivity index (χ0n) is 16.9. The third kappa shape index (κ3) is 5.10. The Hall–Kier alpha value is -3.23. The number of para-hydroxylation sites is 1. The van der Waals surface area contributed by atoms with Crippen LogP contribution in [-0.4, -0.2) is 36.7 Å². The standard InChI is InChI=1S/C23H23N3O4S/c27-23(25-19-12-13-22(24-17-19)30-20-9-3-1-4-10-20)18-8-7-11-21(16-18)31(28,29)26-14-5-2-6-15-26/h1,3-4,7-13,16-17H,2,5-6,14-15H2,(H,25,27). The second-order valence-corrected chi connectivity index (χ2v) is 9.18. The molecule has 0 spiro atoms. The average molecular weight is 438 g/mol. The predicted molar refractivity (Wildman–Crippen MR) is 118 cm³/mol. The van der Waals surface area contributed by atoms with Crippen molar-refractivity contribution < 1.29 is 17.9 Å². The Bertz CT molecular complexity index is 1140. The van der Waals surface area contributed by atoms with Crippen molar-refractivity contribution in [2.75, 3.05) is 18.4 Å². The van der Waals surface area contributed by atoms with E-state index in [0.717, 1.165) is 19.3 Å². The van der Waals surface area contributed by atoms with Gasteiger partial charge in [0.25, 0.3) is 5.91 Å². The summed E-state index contributed by atoms with van der Waals surface area (Å²) in [6.45, 7) is 1.03. The maximum Gasteiger partial charge on any atom is 0.255 e. The van der Waals surface area contributed by atoms with Gasteiger partial charge >= 0.3 is 0 Å². The molecule has 7 nitrogen and oxygen atoms in total. The summed E-state index contributed by atoms with van der Waals surface area (Å²) in [5.41, 5.74) is 0.748. The SMILES string of the molecule is O=C(Nc1ccc(Oc2ccccc2)nc1)c1cccc(S(=O)(=O)N2CCCCC2)c1. The molecular formula is C23H23N3O4S. The molecule has 0 unspecified atom stereocenters. The van der Waals surface area contributed by atoms with E-state index in [9.17, 15) is 13.2 Å². The first-order valence-corrected chi connectivity index (χ1v) is 11.6. The Morgan fingerprint density at radius 3 is 2.42 bits per heavy atom. The van der Waals surface area contributed by atoms with Gasteiger partial charge in [0, 0.05) is 24.7 Å². The Morgan fingerprint density at radius 1 is 0.935 bits per heavy atom. The van der Waals surface area contributed by atoms with Crippen LogP contribution in [0.5, 0.6) is 11.6 Å². The minimum absolute atomic E-state index is 0.131. The third-order valence-corrected chi connectivity index (χ3v) is 6.90. The summed E-state index contributed by atoms with van der Waals surface area (Å²) < 4.78 is 32.9. The highest BCUT2D eigenvalue weighted by molar-refractivity contribution is 7.89. The molecule has 1 aliphatic rings. The molecule has 0 saturated carbocycles. The number of rotatable bonds is 6. The van der Waals surface area contributed by atoms with Gasteiger partial charge in [-0.25, -0.2) is 13.4 Å². The number of piperidine rings is 1. The molecule has 2 heterocycles. The fourth-order valence-corrected chi connectivity index (χ4v) is 4.94. The lowest BCUT2D eigenvalue weighted by Crippen LogP contribution is -2.35. The van der Waals surface area contributed by atoms with Crippen molar-refractivity contribution in [3.8, 4) is 11.6 Å². The molecule has 0 atom stereocenters. The molecule has 160 valence electrons. The fourth-order valence-electron chi connectivity index (χ4n) is 3.38. The second kappa shape index (κ2) is 9.28. The first-order chi connectivity index (χ1) is 15.0. The second-order valence-electron chi connectivity index (χ2n) is 7.25. The molecule has 0 aliphatic carbocycles. The summed E-state index contributed by atoms with van der Waals surface area (Å²) in [4.78, 5) is 17.0. The fraction of sp³-hybridized carbons (Fsp3) is 0.217. The molecule has 0 bridgehead atoms. The van der Waals surface area contributed by atoms with E-state index in [-0.39, 0.29) is 10.5 Å². The van der Waals surface area contributed by atoms with Crippen molar-refractivity contribution in [2.45, 2.75) is 24.2 Å². The maximum absolute atomic E-state index is 12.9. The largest absolute Gasteiger partial charge is 0.439 e. The van der Waals surface area contributed by atoms with Gasteiger partial charge in [0.05, 0.1) is 16.8 Å². The topological polar surface area (TPSA) is 88.6 Å². The molecular weight excluding hydrogens is 414 g/mol. The van der Waals surface area contributed by atoms with E-state index in [1.807, 2.05) is 30.3 Å². The molecule has 0 radical (unpaired) electrons. The Kier molecular flexibility index (Phi) is 6.29. The summed E-state index contributed by atoms with van der Waals surface area (Å²) >= 11 is 0. The van der Waals surface area contributed by atoms with Crippen molar-refractivity contribution in [2.24, 2.45) is 0 Å². The lowest BCUT2D eigenvalue weighted by molar-refractivity contribution is 0.102. The van der Waals surface area contributed by atoms with Crippen LogP contribution in [0, 0.1) is 0 Å². The Balaban J connectivity index is 1.44. The number of nitrogens with one attached hydrogen (secondary N) is 1. The number of pyridine rings is 1. The number of nitrogens with zero attached hydrogens (tertiary/aromatic N) is 2. The van der Waals surface area contributed by atoms with Crippen LogP contribution in [0.25, 0.3) is 0 Å². The van der Waals surface area contributed by atoms with Crippen LogP contribution >= 0.6 is 0 Å². The van der Waals surface area contributed by atoms with Crippen LogP contribution in [0.15, 0.2) is 77.8 Å². The molecule has 4 rings (SSSR count). The van der Waals surface area contributed by atoms with E-state index in [1.54, 1.807) is 24.3 Å². The number of hydrogen-bond acceptors (Lipinski definition) is 5. The van der Waals surface area contributed by atoms with Crippen molar-refractivity contribution in [1.29, 1.82) is 0 Å². The van der Waals surface area contributed by atoms with Crippen molar-refractivity contribution in [1.82, 2.24) is 9.29 Å². The number of ether oxygens (including phenoxy) is 1. The van der Waals surface area contributed by atoms with Crippen LogP contribution in [0.4, 0.5) is 5.69 Å². The van der Waals surface area contributed by atoms with Gasteiger partial charge in [0.2, 0.25) is 15.9 Å². The van der Waals surface area contributed by atoms with E-state index >= 15 is 0 Å². The molecule has 1 aliphatic heterocycles. The summed E-state index contributed by atoms with van der Waals surface area (Å²) in [6, 6.07) is 18.7. The van der Waals surface area contributed by atoms with Gasteiger partial charge in [-0.05, 0) is 49.2 Å². The van der Waals surface area contributed by atoms with Gasteiger partial charge in [0.15, 0.2) is 0 Å². The van der Waals surface area contributed by atoms with Crippen LogP contribution < -0.4 is 10.1 Å². The van der Waals surface area contributed by atoms with Gasteiger partial charge in [-0.1, -0.05) is 30.7 Å². The van der Waals surface area contributed by atoms with Gasteiger partial charge < -0.3 is 10.1 Å². The van der Waals surface area contributed by atoms with Crippen LogP contribution in [0.1, 0.15) is 29.6 Å². The molecule has 1 fully saturated rings. The molecule has 31 heavy (non-hydrogen) atoms. The van der Waals surface area contributed by atoms with E-state index < -0.39 is 15.9 Å². The van der Waals surface area contributed by atoms with Gasteiger partial charge in [0.1, 0.15) is 5.75 Å². The van der Waals surface area contributed by atoms with Crippen LogP contribution in [0.2, 0.25) is 0 Å². The Labute approximate surface area is 181 Å². The summed E-state index contributed by atoms with van der Waals surface area (Å²) in [5, 5.41) is 2.74.